The highest BCUT2D eigenvalue weighted by molar-refractivity contribution is 7.92. The Hall–Kier alpha value is -3.56. The molecule has 0 heterocycles. The molecule has 1 unspecified atom stereocenters. The third kappa shape index (κ3) is 8.49. The molecule has 226 valence electrons. The third-order valence-corrected chi connectivity index (χ3v) is 9.09. The van der Waals surface area contributed by atoms with Crippen molar-refractivity contribution >= 4 is 39.1 Å². The van der Waals surface area contributed by atoms with Crippen molar-refractivity contribution in [1.82, 2.24) is 10.2 Å². The second-order valence-electron chi connectivity index (χ2n) is 10.0. The summed E-state index contributed by atoms with van der Waals surface area (Å²) in [5, 5.41) is 3.14. The molecule has 1 N–H and O–H groups in total. The lowest BCUT2D eigenvalue weighted by Gasteiger charge is -2.33. The summed E-state index contributed by atoms with van der Waals surface area (Å²) in [6.07, 6.45) is 2.62. The van der Waals surface area contributed by atoms with Crippen LogP contribution in [0.4, 0.5) is 5.69 Å². The van der Waals surface area contributed by atoms with Crippen molar-refractivity contribution in [3.8, 4) is 5.75 Å². The Labute approximate surface area is 254 Å². The van der Waals surface area contributed by atoms with Crippen molar-refractivity contribution < 1.29 is 22.7 Å². The minimum atomic E-state index is -4.19. The van der Waals surface area contributed by atoms with Gasteiger partial charge in [0, 0.05) is 13.1 Å². The van der Waals surface area contributed by atoms with E-state index in [-0.39, 0.29) is 28.1 Å². The largest absolute Gasteiger partial charge is 0.495 e. The summed E-state index contributed by atoms with van der Waals surface area (Å²) in [7, 11) is -2.72. The molecule has 0 aliphatic heterocycles. The molecular formula is C32H40ClN3O5S. The zero-order valence-corrected chi connectivity index (χ0v) is 26.2. The molecule has 0 saturated carbocycles. The molecule has 0 aliphatic carbocycles. The van der Waals surface area contributed by atoms with Crippen molar-refractivity contribution in [3.63, 3.8) is 0 Å². The lowest BCUT2D eigenvalue weighted by molar-refractivity contribution is -0.139. The number of nitrogens with zero attached hydrogens (tertiary/aromatic N) is 2. The Morgan fingerprint density at radius 2 is 1.69 bits per heavy atom. The molecule has 0 radical (unpaired) electrons. The van der Waals surface area contributed by atoms with E-state index in [2.05, 4.69) is 5.32 Å². The second-order valence-corrected chi connectivity index (χ2v) is 12.3. The average molecular weight is 614 g/mol. The number of hydrogen-bond acceptors (Lipinski definition) is 5. The van der Waals surface area contributed by atoms with E-state index in [1.165, 1.54) is 30.2 Å². The van der Waals surface area contributed by atoms with Crippen molar-refractivity contribution in [2.45, 2.75) is 57.4 Å². The standard InChI is InChI=1S/C32H40ClN3O5S/c1-5-7-20-34-32(38)29(6-2)35(21-19-25-11-9-8-10-12-25)31(37)23-36(26-15-18-30(41-4)28(33)22-26)42(39,40)27-16-13-24(3)14-17-27/h8-18,22,29H,5-7,19-21,23H2,1-4H3,(H,34,38). The minimum Gasteiger partial charge on any atom is -0.495 e. The fourth-order valence-electron chi connectivity index (χ4n) is 4.58. The van der Waals surface area contributed by atoms with Crippen LogP contribution in [0.2, 0.25) is 5.02 Å². The number of amides is 2. The van der Waals surface area contributed by atoms with Gasteiger partial charge >= 0.3 is 0 Å². The molecule has 0 aromatic heterocycles. The van der Waals surface area contributed by atoms with Crippen LogP contribution in [0.3, 0.4) is 0 Å². The van der Waals surface area contributed by atoms with Crippen LogP contribution in [0.25, 0.3) is 0 Å². The van der Waals surface area contributed by atoms with Gasteiger partial charge in [-0.25, -0.2) is 8.42 Å². The first-order chi connectivity index (χ1) is 20.1. The topological polar surface area (TPSA) is 96.0 Å². The summed E-state index contributed by atoms with van der Waals surface area (Å²) >= 11 is 6.39. The number of carbonyl (C=O) groups is 2. The Kier molecular flexibility index (Phi) is 12.2. The normalized spacial score (nSPS) is 11.9. The summed E-state index contributed by atoms with van der Waals surface area (Å²) in [5.41, 5.74) is 2.11. The SMILES string of the molecule is CCCCNC(=O)C(CC)N(CCc1ccccc1)C(=O)CN(c1ccc(OC)c(Cl)c1)S(=O)(=O)c1ccc(C)cc1. The average Bonchev–Trinajstić information content (AvgIpc) is 2.98. The number of carbonyl (C=O) groups excluding carboxylic acids is 2. The Morgan fingerprint density at radius 1 is 1.00 bits per heavy atom. The van der Waals surface area contributed by atoms with Gasteiger partial charge in [-0.15, -0.1) is 0 Å². The zero-order valence-electron chi connectivity index (χ0n) is 24.7. The molecule has 0 spiro atoms. The van der Waals surface area contributed by atoms with Crippen LogP contribution in [0.5, 0.6) is 5.75 Å². The van der Waals surface area contributed by atoms with Crippen molar-refractivity contribution in [1.29, 1.82) is 0 Å². The highest BCUT2D eigenvalue weighted by Crippen LogP contribution is 2.32. The fraction of sp³-hybridized carbons (Fsp3) is 0.375. The van der Waals surface area contributed by atoms with Crippen molar-refractivity contribution in [3.05, 3.63) is 88.9 Å². The van der Waals surface area contributed by atoms with Gasteiger partial charge in [-0.3, -0.25) is 13.9 Å². The number of anilines is 1. The maximum absolute atomic E-state index is 14.1. The summed E-state index contributed by atoms with van der Waals surface area (Å²) in [4.78, 5) is 28.9. The van der Waals surface area contributed by atoms with Crippen LogP contribution in [-0.4, -0.2) is 57.9 Å². The molecule has 3 aromatic rings. The van der Waals surface area contributed by atoms with Gasteiger partial charge in [-0.05, 0) is 62.1 Å². The van der Waals surface area contributed by atoms with E-state index < -0.39 is 28.5 Å². The van der Waals surface area contributed by atoms with Crippen LogP contribution in [-0.2, 0) is 26.0 Å². The van der Waals surface area contributed by atoms with E-state index in [1.54, 1.807) is 24.3 Å². The number of methoxy groups -OCH3 is 1. The minimum absolute atomic E-state index is 0.0352. The quantitative estimate of drug-likeness (QED) is 0.225. The first kappa shape index (κ1) is 32.9. The molecule has 3 rings (SSSR count). The zero-order chi connectivity index (χ0) is 30.7. The number of rotatable bonds is 15. The number of halogens is 1. The maximum atomic E-state index is 14.1. The number of ether oxygens (including phenoxy) is 1. The molecule has 2 amide bonds. The van der Waals surface area contributed by atoms with Crippen LogP contribution in [0.15, 0.2) is 77.7 Å². The maximum Gasteiger partial charge on any atom is 0.264 e. The van der Waals surface area contributed by atoms with Gasteiger partial charge in [0.1, 0.15) is 18.3 Å². The van der Waals surface area contributed by atoms with Gasteiger partial charge in [0.2, 0.25) is 11.8 Å². The van der Waals surface area contributed by atoms with Crippen molar-refractivity contribution in [2.75, 3.05) is 31.0 Å². The molecular weight excluding hydrogens is 574 g/mol. The van der Waals surface area contributed by atoms with Gasteiger partial charge < -0.3 is 15.0 Å². The second kappa shape index (κ2) is 15.6. The molecule has 0 saturated heterocycles. The van der Waals surface area contributed by atoms with E-state index in [0.29, 0.717) is 25.1 Å². The molecule has 42 heavy (non-hydrogen) atoms. The number of unbranched alkanes of at least 4 members (excludes halogenated alkanes) is 1. The number of benzene rings is 3. The van der Waals surface area contributed by atoms with Crippen LogP contribution >= 0.6 is 11.6 Å². The van der Waals surface area contributed by atoms with Gasteiger partial charge in [0.05, 0.1) is 22.7 Å². The predicted octanol–water partition coefficient (Wildman–Crippen LogP) is 5.62. The molecule has 3 aromatic carbocycles. The lowest BCUT2D eigenvalue weighted by Crippen LogP contribution is -2.53. The summed E-state index contributed by atoms with van der Waals surface area (Å²) < 4.78 is 34.3. The van der Waals surface area contributed by atoms with E-state index in [4.69, 9.17) is 16.3 Å². The number of hydrogen-bond donors (Lipinski definition) is 1. The van der Waals surface area contributed by atoms with Crippen LogP contribution < -0.4 is 14.4 Å². The van der Waals surface area contributed by atoms with E-state index in [9.17, 15) is 18.0 Å². The lowest BCUT2D eigenvalue weighted by atomic mass is 10.1. The summed E-state index contributed by atoms with van der Waals surface area (Å²) in [6.45, 7) is 5.97. The van der Waals surface area contributed by atoms with Gasteiger partial charge in [0.25, 0.3) is 10.0 Å². The molecule has 0 bridgehead atoms. The third-order valence-electron chi connectivity index (χ3n) is 7.01. The first-order valence-corrected chi connectivity index (χ1v) is 16.0. The van der Waals surface area contributed by atoms with Gasteiger partial charge in [-0.1, -0.05) is 79.9 Å². The molecule has 0 aliphatic rings. The fourth-order valence-corrected chi connectivity index (χ4v) is 6.24. The van der Waals surface area contributed by atoms with E-state index >= 15 is 0 Å². The first-order valence-electron chi connectivity index (χ1n) is 14.2. The monoisotopic (exact) mass is 613 g/mol. The number of sulfonamides is 1. The van der Waals surface area contributed by atoms with Crippen molar-refractivity contribution in [2.24, 2.45) is 0 Å². The summed E-state index contributed by atoms with van der Waals surface area (Å²) in [5.74, 6) is -0.377. The Morgan fingerprint density at radius 3 is 2.29 bits per heavy atom. The van der Waals surface area contributed by atoms with Gasteiger partial charge in [-0.2, -0.15) is 0 Å². The highest BCUT2D eigenvalue weighted by Gasteiger charge is 2.33. The van der Waals surface area contributed by atoms with E-state index in [0.717, 1.165) is 28.3 Å². The smallest absolute Gasteiger partial charge is 0.264 e. The summed E-state index contributed by atoms with van der Waals surface area (Å²) in [6, 6.07) is 19.9. The molecule has 10 heteroatoms. The predicted molar refractivity (Wildman–Crippen MR) is 168 cm³/mol. The number of aryl methyl sites for hydroxylation is 1. The van der Waals surface area contributed by atoms with Crippen LogP contribution in [0.1, 0.15) is 44.2 Å². The van der Waals surface area contributed by atoms with E-state index in [1.807, 2.05) is 51.1 Å². The molecule has 1 atom stereocenters. The Balaban J connectivity index is 2.02. The molecule has 0 fully saturated rings. The number of nitrogens with one attached hydrogen (secondary N) is 1. The highest BCUT2D eigenvalue weighted by atomic mass is 35.5. The van der Waals surface area contributed by atoms with Gasteiger partial charge in [0.15, 0.2) is 0 Å². The molecule has 8 nitrogen and oxygen atoms in total. The Bertz CT molecular complexity index is 1430. The van der Waals surface area contributed by atoms with Crippen LogP contribution in [0, 0.1) is 6.92 Å².